The molecule has 1 heterocycles. The van der Waals surface area contributed by atoms with E-state index in [2.05, 4.69) is 12.2 Å². The molecule has 0 saturated heterocycles. The Hall–Kier alpha value is -1.85. The molecule has 0 aromatic carbocycles. The Morgan fingerprint density at radius 3 is 2.60 bits per heavy atom. The highest BCUT2D eigenvalue weighted by molar-refractivity contribution is 6.74. The zero-order valence-electron chi connectivity index (χ0n) is 15.8. The van der Waals surface area contributed by atoms with Gasteiger partial charge in [-0.1, -0.05) is 20.2 Å². The van der Waals surface area contributed by atoms with Crippen molar-refractivity contribution in [1.82, 2.24) is 9.88 Å². The van der Waals surface area contributed by atoms with Crippen LogP contribution in [0.2, 0.25) is 6.82 Å². The number of nitrogens with zero attached hydrogens (tertiary/aromatic N) is 1. The second-order valence-electron chi connectivity index (χ2n) is 7.28. The molecule has 1 N–H and O–H groups in total. The van der Waals surface area contributed by atoms with E-state index >= 15 is 0 Å². The van der Waals surface area contributed by atoms with Crippen LogP contribution in [0.1, 0.15) is 68.1 Å². The van der Waals surface area contributed by atoms with Crippen LogP contribution in [0.25, 0.3) is 0 Å². The number of fused-ring (bicyclic) bond motifs is 1. The van der Waals surface area contributed by atoms with Crippen molar-refractivity contribution in [2.24, 2.45) is 0 Å². The minimum Gasteiger partial charge on any atom is -0.341 e. The van der Waals surface area contributed by atoms with Gasteiger partial charge < -0.3 is 14.7 Å². The minimum absolute atomic E-state index is 0.147. The zero-order valence-corrected chi connectivity index (χ0v) is 15.8. The molecular weight excluding hydrogens is 315 g/mol. The highest BCUT2D eigenvalue weighted by Crippen LogP contribution is 2.21. The smallest absolute Gasteiger partial charge is 0.263 e. The summed E-state index contributed by atoms with van der Waals surface area (Å²) in [6, 6.07) is 1.74. The largest absolute Gasteiger partial charge is 0.341 e. The molecule has 1 amide bonds. The lowest BCUT2D eigenvalue weighted by molar-refractivity contribution is -0.116. The fourth-order valence-electron chi connectivity index (χ4n) is 3.37. The highest BCUT2D eigenvalue weighted by atomic mass is 16.2. The summed E-state index contributed by atoms with van der Waals surface area (Å²) in [6.45, 7) is 7.68. The van der Waals surface area contributed by atoms with Crippen LogP contribution in [0, 0.1) is 0 Å². The summed E-state index contributed by atoms with van der Waals surface area (Å²) in [5.41, 5.74) is 0.883. The lowest BCUT2D eigenvalue weighted by Crippen LogP contribution is -2.52. The van der Waals surface area contributed by atoms with Gasteiger partial charge in [0.05, 0.1) is 5.54 Å². The van der Waals surface area contributed by atoms with Crippen molar-refractivity contribution in [3.63, 3.8) is 0 Å². The second kappa shape index (κ2) is 8.02. The van der Waals surface area contributed by atoms with E-state index in [4.69, 9.17) is 0 Å². The van der Waals surface area contributed by atoms with E-state index in [9.17, 15) is 14.4 Å². The first kappa shape index (κ1) is 19.5. The number of aromatic nitrogens is 1. The monoisotopic (exact) mass is 343 g/mol. The number of unbranched alkanes of at least 4 members (excludes halogenated alkanes) is 1. The number of carbonyl (C=O) groups excluding carboxylic acids is 2. The van der Waals surface area contributed by atoms with Gasteiger partial charge >= 0.3 is 0 Å². The van der Waals surface area contributed by atoms with Crippen LogP contribution >= 0.6 is 0 Å². The Morgan fingerprint density at radius 1 is 1.28 bits per heavy atom. The molecule has 5 nitrogen and oxygen atoms in total. The standard InChI is InChI=1S/C19H28BN2O3/c1-5-6-11-22-15-10-8-7-9-13(15)12-14(17(22)24)16(23)21-19(2,3)18(25)20-4/h12H,5-11H2,1-4H3,(H,21,23). The van der Waals surface area contributed by atoms with Crippen LogP contribution < -0.4 is 10.9 Å². The number of hydrogen-bond acceptors (Lipinski definition) is 3. The molecule has 1 aliphatic rings. The topological polar surface area (TPSA) is 68.2 Å². The SMILES string of the molecule is C[B]C(=O)C(C)(C)NC(=O)c1cc2c(n(CCCC)c1=O)CCCC2. The van der Waals surface area contributed by atoms with E-state index in [1.807, 2.05) is 0 Å². The van der Waals surface area contributed by atoms with Crippen molar-refractivity contribution in [1.29, 1.82) is 0 Å². The summed E-state index contributed by atoms with van der Waals surface area (Å²) in [6.07, 6.45) is 5.85. The molecule has 1 aliphatic carbocycles. The number of carbonyl (C=O) groups is 2. The number of amides is 1. The van der Waals surface area contributed by atoms with Crippen molar-refractivity contribution >= 4 is 18.9 Å². The van der Waals surface area contributed by atoms with E-state index in [0.29, 0.717) is 6.54 Å². The van der Waals surface area contributed by atoms with Gasteiger partial charge in [-0.25, -0.2) is 0 Å². The lowest BCUT2D eigenvalue weighted by Gasteiger charge is -2.26. The Morgan fingerprint density at radius 2 is 1.96 bits per heavy atom. The van der Waals surface area contributed by atoms with Crippen molar-refractivity contribution < 1.29 is 9.59 Å². The zero-order chi connectivity index (χ0) is 18.6. The van der Waals surface area contributed by atoms with Gasteiger partial charge in [0.1, 0.15) is 11.2 Å². The maximum Gasteiger partial charge on any atom is 0.263 e. The molecule has 135 valence electrons. The van der Waals surface area contributed by atoms with Gasteiger partial charge in [0, 0.05) is 12.2 Å². The Labute approximate surface area is 150 Å². The van der Waals surface area contributed by atoms with E-state index in [0.717, 1.165) is 49.8 Å². The van der Waals surface area contributed by atoms with Gasteiger partial charge in [0.15, 0.2) is 0 Å². The molecular formula is C19H28BN2O3. The molecule has 0 atom stereocenters. The van der Waals surface area contributed by atoms with Gasteiger partial charge in [-0.3, -0.25) is 9.59 Å². The van der Waals surface area contributed by atoms with E-state index < -0.39 is 11.4 Å². The first-order valence-corrected chi connectivity index (χ1v) is 9.23. The van der Waals surface area contributed by atoms with Crippen molar-refractivity contribution in [2.75, 3.05) is 0 Å². The third-order valence-corrected chi connectivity index (χ3v) is 4.88. The van der Waals surface area contributed by atoms with Crippen LogP contribution in [0.15, 0.2) is 10.9 Å². The van der Waals surface area contributed by atoms with Gasteiger partial charge in [-0.15, -0.1) is 0 Å². The Balaban J connectivity index is 2.42. The molecule has 0 spiro atoms. The minimum atomic E-state index is -1.03. The third kappa shape index (κ3) is 4.22. The number of hydrogen-bond donors (Lipinski definition) is 1. The van der Waals surface area contributed by atoms with Crippen molar-refractivity contribution in [2.45, 2.75) is 78.2 Å². The quantitative estimate of drug-likeness (QED) is 0.773. The molecule has 0 aliphatic heterocycles. The second-order valence-corrected chi connectivity index (χ2v) is 7.28. The average Bonchev–Trinajstić information content (AvgIpc) is 2.59. The first-order chi connectivity index (χ1) is 11.8. The maximum absolute atomic E-state index is 12.9. The highest BCUT2D eigenvalue weighted by Gasteiger charge is 2.30. The number of nitrogens with one attached hydrogen (secondary N) is 1. The maximum atomic E-state index is 12.9. The van der Waals surface area contributed by atoms with Crippen LogP contribution in [-0.4, -0.2) is 29.0 Å². The van der Waals surface area contributed by atoms with Gasteiger partial charge in [0.25, 0.3) is 11.5 Å². The fraction of sp³-hybridized carbons (Fsp3) is 0.632. The van der Waals surface area contributed by atoms with Crippen LogP contribution in [-0.2, 0) is 24.2 Å². The van der Waals surface area contributed by atoms with Gasteiger partial charge in [-0.05, 0) is 57.6 Å². The Kier molecular flexibility index (Phi) is 6.25. The fourth-order valence-corrected chi connectivity index (χ4v) is 3.37. The molecule has 1 aromatic rings. The normalized spacial score (nSPS) is 13.9. The molecule has 0 saturated carbocycles. The third-order valence-electron chi connectivity index (χ3n) is 4.88. The Bertz CT molecular complexity index is 722. The summed E-state index contributed by atoms with van der Waals surface area (Å²) in [5, 5.41) is 2.72. The first-order valence-electron chi connectivity index (χ1n) is 9.23. The predicted octanol–water partition coefficient (Wildman–Crippen LogP) is 2.31. The molecule has 1 radical (unpaired) electrons. The molecule has 6 heteroatoms. The van der Waals surface area contributed by atoms with Crippen molar-refractivity contribution in [3.8, 4) is 0 Å². The molecule has 0 fully saturated rings. The van der Waals surface area contributed by atoms with Crippen LogP contribution in [0.3, 0.4) is 0 Å². The summed E-state index contributed by atoms with van der Waals surface area (Å²) < 4.78 is 1.79. The molecule has 0 bridgehead atoms. The van der Waals surface area contributed by atoms with Gasteiger partial charge in [-0.2, -0.15) is 0 Å². The van der Waals surface area contributed by atoms with Gasteiger partial charge in [0.2, 0.25) is 7.28 Å². The number of rotatable bonds is 7. The van der Waals surface area contributed by atoms with Crippen LogP contribution in [0.4, 0.5) is 0 Å². The van der Waals surface area contributed by atoms with E-state index in [1.165, 1.54) is 7.28 Å². The number of aryl methyl sites for hydroxylation is 1. The summed E-state index contributed by atoms with van der Waals surface area (Å²) >= 11 is 0. The molecule has 25 heavy (non-hydrogen) atoms. The predicted molar refractivity (Wildman–Crippen MR) is 100 cm³/mol. The molecule has 1 aromatic heterocycles. The lowest BCUT2D eigenvalue weighted by atomic mass is 9.68. The molecule has 2 rings (SSSR count). The average molecular weight is 343 g/mol. The molecule has 0 unspecified atom stereocenters. The summed E-state index contributed by atoms with van der Waals surface area (Å²) in [5.74, 6) is -0.469. The number of pyridine rings is 1. The van der Waals surface area contributed by atoms with E-state index in [-0.39, 0.29) is 16.8 Å². The van der Waals surface area contributed by atoms with E-state index in [1.54, 1.807) is 31.3 Å². The van der Waals surface area contributed by atoms with Crippen LogP contribution in [0.5, 0.6) is 0 Å². The van der Waals surface area contributed by atoms with Crippen molar-refractivity contribution in [3.05, 3.63) is 33.2 Å². The summed E-state index contributed by atoms with van der Waals surface area (Å²) in [7, 11) is 1.44. The summed E-state index contributed by atoms with van der Waals surface area (Å²) in [4.78, 5) is 37.6.